The van der Waals surface area contributed by atoms with Crippen LogP contribution in [-0.2, 0) is 0 Å². The van der Waals surface area contributed by atoms with Crippen molar-refractivity contribution in [1.82, 2.24) is 9.80 Å². The molecule has 0 radical (unpaired) electrons. The maximum atomic E-state index is 11.8. The molecule has 4 heteroatoms. The molecule has 3 rings (SSSR count). The number of hydrogen-bond donors (Lipinski definition) is 0. The summed E-state index contributed by atoms with van der Waals surface area (Å²) in [6.45, 7) is 3.17. The van der Waals surface area contributed by atoms with Crippen LogP contribution < -0.4 is 4.74 Å². The Bertz CT molecular complexity index is 527. The molecule has 1 saturated carbocycles. The number of amides is 1. The maximum absolute atomic E-state index is 11.8. The lowest BCUT2D eigenvalue weighted by Gasteiger charge is -2.23. The molecule has 1 aromatic carbocycles. The van der Waals surface area contributed by atoms with Gasteiger partial charge in [-0.05, 0) is 62.4 Å². The molecule has 1 amide bonds. The third kappa shape index (κ3) is 3.86. The van der Waals surface area contributed by atoms with E-state index in [-0.39, 0.29) is 5.91 Å². The standard InChI is InChI=1S/C19H28N2O2/c1-20(2)19(22)16-7-9-17(10-8-16)23-14-4-12-21-13-11-15-5-3-6-18(15)21/h7-10,15,18H,3-6,11-14H2,1-2H3/t15-,18-/m1/s1. The summed E-state index contributed by atoms with van der Waals surface area (Å²) >= 11 is 0. The number of fused-ring (bicyclic) bond motifs is 1. The second-order valence-corrected chi connectivity index (χ2v) is 7.01. The van der Waals surface area contributed by atoms with E-state index in [0.29, 0.717) is 5.56 Å². The Kier molecular flexibility index (Phi) is 5.21. The van der Waals surface area contributed by atoms with Crippen molar-refractivity contribution < 1.29 is 9.53 Å². The monoisotopic (exact) mass is 316 g/mol. The third-order valence-electron chi connectivity index (χ3n) is 5.24. The molecule has 1 saturated heterocycles. The van der Waals surface area contributed by atoms with Crippen LogP contribution in [0.4, 0.5) is 0 Å². The van der Waals surface area contributed by atoms with Gasteiger partial charge in [-0.3, -0.25) is 9.69 Å². The van der Waals surface area contributed by atoms with Crippen LogP contribution in [0, 0.1) is 5.92 Å². The summed E-state index contributed by atoms with van der Waals surface area (Å²) in [6.07, 6.45) is 6.72. The first-order chi connectivity index (χ1) is 11.1. The van der Waals surface area contributed by atoms with Crippen LogP contribution in [0.25, 0.3) is 0 Å². The fraction of sp³-hybridized carbons (Fsp3) is 0.632. The van der Waals surface area contributed by atoms with Gasteiger partial charge in [0.2, 0.25) is 0 Å². The van der Waals surface area contributed by atoms with Crippen molar-refractivity contribution in [2.45, 2.75) is 38.1 Å². The fourth-order valence-corrected chi connectivity index (χ4v) is 4.02. The van der Waals surface area contributed by atoms with E-state index >= 15 is 0 Å². The van der Waals surface area contributed by atoms with Crippen molar-refractivity contribution in [1.29, 1.82) is 0 Å². The number of hydrogen-bond acceptors (Lipinski definition) is 3. The molecule has 4 nitrogen and oxygen atoms in total. The predicted molar refractivity (Wildman–Crippen MR) is 91.9 cm³/mol. The van der Waals surface area contributed by atoms with Gasteiger partial charge >= 0.3 is 0 Å². The van der Waals surface area contributed by atoms with E-state index in [1.54, 1.807) is 19.0 Å². The molecule has 1 aliphatic carbocycles. The van der Waals surface area contributed by atoms with Crippen molar-refractivity contribution in [2.75, 3.05) is 33.8 Å². The van der Waals surface area contributed by atoms with Crippen molar-refractivity contribution in [3.63, 3.8) is 0 Å². The predicted octanol–water partition coefficient (Wildman–Crippen LogP) is 3.03. The van der Waals surface area contributed by atoms with Gasteiger partial charge in [0.1, 0.15) is 5.75 Å². The molecular formula is C19H28N2O2. The summed E-state index contributed by atoms with van der Waals surface area (Å²) < 4.78 is 5.82. The van der Waals surface area contributed by atoms with Crippen LogP contribution >= 0.6 is 0 Å². The van der Waals surface area contributed by atoms with Gasteiger partial charge in [-0.25, -0.2) is 0 Å². The molecular weight excluding hydrogens is 288 g/mol. The van der Waals surface area contributed by atoms with Gasteiger partial charge in [0.05, 0.1) is 6.61 Å². The largest absolute Gasteiger partial charge is 0.494 e. The van der Waals surface area contributed by atoms with Crippen LogP contribution in [0.15, 0.2) is 24.3 Å². The maximum Gasteiger partial charge on any atom is 0.253 e. The lowest BCUT2D eigenvalue weighted by molar-refractivity contribution is 0.0827. The highest BCUT2D eigenvalue weighted by atomic mass is 16.5. The Morgan fingerprint density at radius 1 is 1.22 bits per heavy atom. The summed E-state index contributed by atoms with van der Waals surface area (Å²) in [4.78, 5) is 16.1. The molecule has 126 valence electrons. The number of likely N-dealkylation sites (tertiary alicyclic amines) is 1. The van der Waals surface area contributed by atoms with Crippen LogP contribution in [0.2, 0.25) is 0 Å². The highest BCUT2D eigenvalue weighted by Gasteiger charge is 2.36. The number of carbonyl (C=O) groups is 1. The average molecular weight is 316 g/mol. The topological polar surface area (TPSA) is 32.8 Å². The fourth-order valence-electron chi connectivity index (χ4n) is 4.02. The highest BCUT2D eigenvalue weighted by molar-refractivity contribution is 5.93. The molecule has 0 spiro atoms. The van der Waals surface area contributed by atoms with Crippen LogP contribution in [0.5, 0.6) is 5.75 Å². The van der Waals surface area contributed by atoms with Crippen molar-refractivity contribution in [3.8, 4) is 5.75 Å². The first-order valence-corrected chi connectivity index (χ1v) is 8.84. The normalized spacial score (nSPS) is 23.7. The Hall–Kier alpha value is -1.55. The first kappa shape index (κ1) is 16.3. The highest BCUT2D eigenvalue weighted by Crippen LogP contribution is 2.37. The van der Waals surface area contributed by atoms with Gasteiger partial charge in [-0.1, -0.05) is 6.42 Å². The Morgan fingerprint density at radius 2 is 2.00 bits per heavy atom. The van der Waals surface area contributed by atoms with Crippen LogP contribution in [-0.4, -0.2) is 55.5 Å². The van der Waals surface area contributed by atoms with Crippen molar-refractivity contribution >= 4 is 5.91 Å². The summed E-state index contributed by atoms with van der Waals surface area (Å²) in [5.41, 5.74) is 0.701. The molecule has 0 aromatic heterocycles. The molecule has 2 fully saturated rings. The SMILES string of the molecule is CN(C)C(=O)c1ccc(OCCCN2CC[C@H]3CCC[C@H]32)cc1. The lowest BCUT2D eigenvalue weighted by atomic mass is 10.0. The molecule has 0 N–H and O–H groups in total. The second-order valence-electron chi connectivity index (χ2n) is 7.01. The minimum Gasteiger partial charge on any atom is -0.494 e. The van der Waals surface area contributed by atoms with E-state index in [1.807, 2.05) is 24.3 Å². The van der Waals surface area contributed by atoms with E-state index in [0.717, 1.165) is 37.3 Å². The zero-order valence-electron chi connectivity index (χ0n) is 14.3. The smallest absolute Gasteiger partial charge is 0.253 e. The van der Waals surface area contributed by atoms with Crippen LogP contribution in [0.1, 0.15) is 42.5 Å². The van der Waals surface area contributed by atoms with E-state index in [4.69, 9.17) is 4.74 Å². The number of benzene rings is 1. The summed E-state index contributed by atoms with van der Waals surface area (Å²) in [5.74, 6) is 1.84. The van der Waals surface area contributed by atoms with Gasteiger partial charge < -0.3 is 9.64 Å². The number of rotatable bonds is 6. The summed E-state index contributed by atoms with van der Waals surface area (Å²) in [6, 6.07) is 8.30. The zero-order valence-corrected chi connectivity index (χ0v) is 14.3. The first-order valence-electron chi connectivity index (χ1n) is 8.84. The van der Waals surface area contributed by atoms with Gasteiger partial charge in [0.25, 0.3) is 5.91 Å². The van der Waals surface area contributed by atoms with E-state index < -0.39 is 0 Å². The van der Waals surface area contributed by atoms with Gasteiger partial charge in [0, 0.05) is 32.2 Å². The van der Waals surface area contributed by atoms with E-state index in [1.165, 1.54) is 32.2 Å². The average Bonchev–Trinajstić information content (AvgIpc) is 3.15. The van der Waals surface area contributed by atoms with Gasteiger partial charge in [-0.2, -0.15) is 0 Å². The minimum atomic E-state index is 0.0247. The number of carbonyl (C=O) groups excluding carboxylic acids is 1. The molecule has 1 aromatic rings. The van der Waals surface area contributed by atoms with E-state index in [9.17, 15) is 4.79 Å². The molecule has 0 unspecified atom stereocenters. The zero-order chi connectivity index (χ0) is 16.2. The third-order valence-corrected chi connectivity index (χ3v) is 5.24. The molecule has 1 heterocycles. The lowest BCUT2D eigenvalue weighted by Crippen LogP contribution is -2.31. The number of ether oxygens (including phenoxy) is 1. The second kappa shape index (κ2) is 7.35. The Labute approximate surface area is 139 Å². The van der Waals surface area contributed by atoms with Crippen LogP contribution in [0.3, 0.4) is 0 Å². The molecule has 23 heavy (non-hydrogen) atoms. The minimum absolute atomic E-state index is 0.0247. The Balaban J connectivity index is 1.40. The molecule has 2 aliphatic rings. The van der Waals surface area contributed by atoms with E-state index in [2.05, 4.69) is 4.90 Å². The molecule has 1 aliphatic heterocycles. The van der Waals surface area contributed by atoms with Crippen molar-refractivity contribution in [3.05, 3.63) is 29.8 Å². The van der Waals surface area contributed by atoms with Crippen molar-refractivity contribution in [2.24, 2.45) is 5.92 Å². The Morgan fingerprint density at radius 3 is 2.74 bits per heavy atom. The summed E-state index contributed by atoms with van der Waals surface area (Å²) in [7, 11) is 3.53. The molecule has 2 atom stereocenters. The quantitative estimate of drug-likeness (QED) is 0.756. The molecule has 0 bridgehead atoms. The van der Waals surface area contributed by atoms with Gasteiger partial charge in [-0.15, -0.1) is 0 Å². The van der Waals surface area contributed by atoms with Gasteiger partial charge in [0.15, 0.2) is 0 Å². The summed E-state index contributed by atoms with van der Waals surface area (Å²) in [5, 5.41) is 0. The number of nitrogens with zero attached hydrogens (tertiary/aromatic N) is 2.